The first kappa shape index (κ1) is 21.7. The van der Waals surface area contributed by atoms with E-state index in [1.165, 1.54) is 17.1 Å². The highest BCUT2D eigenvalue weighted by Crippen LogP contribution is 2.41. The van der Waals surface area contributed by atoms with E-state index in [0.29, 0.717) is 10.3 Å². The summed E-state index contributed by atoms with van der Waals surface area (Å²) in [5.41, 5.74) is -1.08. The largest absolute Gasteiger partial charge is 0.467 e. The van der Waals surface area contributed by atoms with Crippen molar-refractivity contribution in [2.45, 2.75) is 31.5 Å². The molecule has 4 aromatic rings. The van der Waals surface area contributed by atoms with Crippen LogP contribution in [0.25, 0.3) is 5.65 Å². The van der Waals surface area contributed by atoms with Gasteiger partial charge in [-0.2, -0.15) is 23.4 Å². The molecule has 5 rings (SSSR count). The van der Waals surface area contributed by atoms with E-state index in [-0.39, 0.29) is 40.7 Å². The van der Waals surface area contributed by atoms with Gasteiger partial charge in [0.05, 0.1) is 24.7 Å². The molecule has 13 heteroatoms. The van der Waals surface area contributed by atoms with Crippen molar-refractivity contribution >= 4 is 23.1 Å². The van der Waals surface area contributed by atoms with Gasteiger partial charge in [-0.05, 0) is 31.0 Å². The summed E-state index contributed by atoms with van der Waals surface area (Å²) in [5, 5.41) is 13.0. The zero-order chi connectivity index (χ0) is 24.0. The van der Waals surface area contributed by atoms with Gasteiger partial charge in [0.2, 0.25) is 0 Å². The topological polar surface area (TPSA) is 119 Å². The number of halogens is 3. The zero-order valence-electron chi connectivity index (χ0n) is 17.8. The van der Waals surface area contributed by atoms with Crippen LogP contribution >= 0.6 is 0 Å². The lowest BCUT2D eigenvalue weighted by Gasteiger charge is -2.11. The average molecular weight is 473 g/mol. The summed E-state index contributed by atoms with van der Waals surface area (Å²) in [4.78, 5) is 29.9. The minimum Gasteiger partial charge on any atom is -0.467 e. The second-order valence-corrected chi connectivity index (χ2v) is 7.91. The van der Waals surface area contributed by atoms with Gasteiger partial charge in [-0.25, -0.2) is 9.50 Å². The monoisotopic (exact) mass is 473 g/mol. The van der Waals surface area contributed by atoms with Crippen molar-refractivity contribution in [3.05, 3.63) is 65.3 Å². The average Bonchev–Trinajstić information content (AvgIpc) is 3.17. The molecule has 0 aromatic carbocycles. The van der Waals surface area contributed by atoms with Gasteiger partial charge >= 0.3 is 6.18 Å². The van der Waals surface area contributed by atoms with Crippen LogP contribution in [0.3, 0.4) is 0 Å². The predicted molar refractivity (Wildman–Crippen MR) is 111 cm³/mol. The number of aryl methyl sites for hydroxylation is 1. The molecule has 2 N–H and O–H groups in total. The van der Waals surface area contributed by atoms with E-state index in [9.17, 15) is 22.8 Å². The first-order valence-corrected chi connectivity index (χ1v) is 10.3. The Labute approximate surface area is 189 Å². The van der Waals surface area contributed by atoms with E-state index >= 15 is 0 Å². The molecule has 0 saturated heterocycles. The summed E-state index contributed by atoms with van der Waals surface area (Å²) in [6.07, 6.45) is 0.709. The van der Waals surface area contributed by atoms with Gasteiger partial charge in [-0.3, -0.25) is 14.3 Å². The normalized spacial score (nSPS) is 13.9. The number of hydrogen-bond acceptors (Lipinski definition) is 6. The van der Waals surface area contributed by atoms with Crippen LogP contribution in [-0.4, -0.2) is 36.2 Å². The van der Waals surface area contributed by atoms with E-state index in [4.69, 9.17) is 4.42 Å². The van der Waals surface area contributed by atoms with Crippen molar-refractivity contribution in [1.82, 2.24) is 29.7 Å². The van der Waals surface area contributed by atoms with Crippen LogP contribution in [0, 0.1) is 0 Å². The Morgan fingerprint density at radius 1 is 1.26 bits per heavy atom. The Hall–Kier alpha value is -4.16. The number of fused-ring (bicyclic) bond motifs is 1. The number of amides is 2. The molecule has 0 unspecified atom stereocenters. The lowest BCUT2D eigenvalue weighted by Crippen LogP contribution is -2.25. The van der Waals surface area contributed by atoms with Crippen molar-refractivity contribution in [3.8, 4) is 0 Å². The maximum Gasteiger partial charge on any atom is 0.433 e. The molecule has 1 fully saturated rings. The summed E-state index contributed by atoms with van der Waals surface area (Å²) >= 11 is 0. The van der Waals surface area contributed by atoms with Crippen molar-refractivity contribution < 1.29 is 27.2 Å². The number of nitrogens with zero attached hydrogens (tertiary/aromatic N) is 5. The second-order valence-electron chi connectivity index (χ2n) is 7.91. The van der Waals surface area contributed by atoms with E-state index < -0.39 is 23.7 Å². The predicted octanol–water partition coefficient (Wildman–Crippen LogP) is 3.13. The number of alkyl halides is 3. The highest BCUT2D eigenvalue weighted by Gasteiger charge is 2.38. The molecule has 4 heterocycles. The van der Waals surface area contributed by atoms with Gasteiger partial charge in [0.1, 0.15) is 17.0 Å². The van der Waals surface area contributed by atoms with Gasteiger partial charge in [0, 0.05) is 24.9 Å². The first-order valence-electron chi connectivity index (χ1n) is 10.3. The van der Waals surface area contributed by atoms with E-state index in [2.05, 4.69) is 25.8 Å². The molecule has 2 amide bonds. The van der Waals surface area contributed by atoms with Gasteiger partial charge in [-0.1, -0.05) is 0 Å². The molecule has 0 radical (unpaired) electrons. The molecule has 1 saturated carbocycles. The first-order chi connectivity index (χ1) is 16.2. The molecule has 0 spiro atoms. The third kappa shape index (κ3) is 4.11. The molecule has 0 bridgehead atoms. The molecule has 10 nitrogen and oxygen atoms in total. The molecule has 4 aromatic heterocycles. The van der Waals surface area contributed by atoms with E-state index in [1.54, 1.807) is 19.2 Å². The number of hydrogen-bond donors (Lipinski definition) is 2. The van der Waals surface area contributed by atoms with Crippen LogP contribution in [-0.2, 0) is 19.8 Å². The van der Waals surface area contributed by atoms with E-state index in [1.807, 2.05) is 0 Å². The fraction of sp³-hybridized carbons (Fsp3) is 0.286. The Morgan fingerprint density at radius 2 is 2.06 bits per heavy atom. The third-order valence-corrected chi connectivity index (χ3v) is 5.32. The van der Waals surface area contributed by atoms with Gasteiger partial charge in [-0.15, -0.1) is 0 Å². The molecular weight excluding hydrogens is 455 g/mol. The minimum atomic E-state index is -4.67. The Morgan fingerprint density at radius 3 is 2.74 bits per heavy atom. The molecule has 1 aliphatic rings. The van der Waals surface area contributed by atoms with Gasteiger partial charge < -0.3 is 15.1 Å². The smallest absolute Gasteiger partial charge is 0.433 e. The second kappa shape index (κ2) is 8.01. The summed E-state index contributed by atoms with van der Waals surface area (Å²) in [7, 11) is 1.56. The standard InChI is InChI=1S/C21H18F3N7O3/c1-30-10-15(17(29-30)20(33)25-8-12-3-2-6-34-12)28-19(32)13-9-26-31-16(21(22,23)24)7-14(11-4-5-11)27-18(13)31/h2-3,6-7,9-11H,4-5,8H2,1H3,(H,25,33)(H,28,32). The number of nitrogens with one attached hydrogen (secondary N) is 2. The zero-order valence-corrected chi connectivity index (χ0v) is 17.8. The number of rotatable bonds is 6. The third-order valence-electron chi connectivity index (χ3n) is 5.32. The van der Waals surface area contributed by atoms with Gasteiger partial charge in [0.15, 0.2) is 11.3 Å². The summed E-state index contributed by atoms with van der Waals surface area (Å²) in [6.45, 7) is 0.109. The summed E-state index contributed by atoms with van der Waals surface area (Å²) < 4.78 is 47.9. The molecule has 176 valence electrons. The van der Waals surface area contributed by atoms with E-state index in [0.717, 1.165) is 25.1 Å². The van der Waals surface area contributed by atoms with Crippen LogP contribution < -0.4 is 10.6 Å². The summed E-state index contributed by atoms with van der Waals surface area (Å²) in [6, 6.07) is 4.34. The lowest BCUT2D eigenvalue weighted by atomic mass is 10.2. The number of aromatic nitrogens is 5. The molecule has 1 aliphatic carbocycles. The fourth-order valence-corrected chi connectivity index (χ4v) is 3.53. The molecular formula is C21H18F3N7O3. The maximum absolute atomic E-state index is 13.6. The van der Waals surface area contributed by atoms with Crippen molar-refractivity contribution in [3.63, 3.8) is 0 Å². The van der Waals surface area contributed by atoms with Crippen LogP contribution in [0.15, 0.2) is 41.3 Å². The maximum atomic E-state index is 13.6. The molecule has 0 aliphatic heterocycles. The van der Waals surface area contributed by atoms with Crippen LogP contribution in [0.1, 0.15) is 56.8 Å². The van der Waals surface area contributed by atoms with Crippen molar-refractivity contribution in [1.29, 1.82) is 0 Å². The number of carbonyl (C=O) groups excluding carboxylic acids is 2. The van der Waals surface area contributed by atoms with Crippen LogP contribution in [0.5, 0.6) is 0 Å². The Bertz CT molecular complexity index is 1380. The lowest BCUT2D eigenvalue weighted by molar-refractivity contribution is -0.142. The quantitative estimate of drug-likeness (QED) is 0.444. The Balaban J connectivity index is 1.43. The van der Waals surface area contributed by atoms with Crippen LogP contribution in [0.2, 0.25) is 0 Å². The number of carbonyl (C=O) groups is 2. The van der Waals surface area contributed by atoms with Gasteiger partial charge in [0.25, 0.3) is 11.8 Å². The Kier molecular flexibility index (Phi) is 5.10. The highest BCUT2D eigenvalue weighted by atomic mass is 19.4. The van der Waals surface area contributed by atoms with Crippen LogP contribution in [0.4, 0.5) is 18.9 Å². The number of anilines is 1. The fourth-order valence-electron chi connectivity index (χ4n) is 3.53. The number of furan rings is 1. The summed E-state index contributed by atoms with van der Waals surface area (Å²) in [5.74, 6) is -0.878. The highest BCUT2D eigenvalue weighted by molar-refractivity contribution is 6.10. The SMILES string of the molecule is Cn1cc(NC(=O)c2cnn3c(C(F)(F)F)cc(C4CC4)nc23)c(C(=O)NCc2ccco2)n1. The van der Waals surface area contributed by atoms with Crippen molar-refractivity contribution in [2.24, 2.45) is 7.05 Å². The minimum absolute atomic E-state index is 0.0681. The molecule has 0 atom stereocenters. The molecule has 34 heavy (non-hydrogen) atoms. The van der Waals surface area contributed by atoms with Crippen molar-refractivity contribution in [2.75, 3.05) is 5.32 Å².